The van der Waals surface area contributed by atoms with E-state index in [2.05, 4.69) is 40.8 Å². The average Bonchev–Trinajstić information content (AvgIpc) is 2.48. The molecule has 0 aromatic heterocycles. The van der Waals surface area contributed by atoms with Crippen molar-refractivity contribution >= 4 is 17.3 Å². The lowest BCUT2D eigenvalue weighted by Crippen LogP contribution is -2.46. The van der Waals surface area contributed by atoms with Crippen LogP contribution in [0, 0.1) is 0 Å². The summed E-state index contributed by atoms with van der Waals surface area (Å²) in [6, 6.07) is 7.98. The molecule has 19 heavy (non-hydrogen) atoms. The van der Waals surface area contributed by atoms with Crippen molar-refractivity contribution in [3.8, 4) is 0 Å². The Labute approximate surface area is 114 Å². The SMILES string of the molecule is C=CC(=O)Nc1ccc(N2CCN(CC)CC2)cc1. The lowest BCUT2D eigenvalue weighted by atomic mass is 10.2. The summed E-state index contributed by atoms with van der Waals surface area (Å²) < 4.78 is 0. The summed E-state index contributed by atoms with van der Waals surface area (Å²) in [4.78, 5) is 16.0. The van der Waals surface area contributed by atoms with Crippen LogP contribution in [0.4, 0.5) is 11.4 Å². The minimum absolute atomic E-state index is 0.177. The van der Waals surface area contributed by atoms with Crippen LogP contribution in [0.2, 0.25) is 0 Å². The summed E-state index contributed by atoms with van der Waals surface area (Å²) in [6.07, 6.45) is 1.28. The third-order valence-corrected chi connectivity index (χ3v) is 3.50. The van der Waals surface area contributed by atoms with Crippen LogP contribution in [0.5, 0.6) is 0 Å². The Morgan fingerprint density at radius 2 is 1.89 bits per heavy atom. The van der Waals surface area contributed by atoms with Crippen molar-refractivity contribution in [2.75, 3.05) is 42.9 Å². The molecular formula is C15H21N3O. The quantitative estimate of drug-likeness (QED) is 0.840. The van der Waals surface area contributed by atoms with E-state index < -0.39 is 0 Å². The first-order chi connectivity index (χ1) is 9.22. The number of hydrogen-bond acceptors (Lipinski definition) is 3. The maximum atomic E-state index is 11.2. The van der Waals surface area contributed by atoms with Gasteiger partial charge in [-0.15, -0.1) is 0 Å². The highest BCUT2D eigenvalue weighted by molar-refractivity contribution is 5.98. The van der Waals surface area contributed by atoms with Crippen LogP contribution in [-0.4, -0.2) is 43.5 Å². The summed E-state index contributed by atoms with van der Waals surface area (Å²) in [5.74, 6) is -0.177. The minimum atomic E-state index is -0.177. The molecule has 0 atom stereocenters. The number of benzene rings is 1. The summed E-state index contributed by atoms with van der Waals surface area (Å²) in [7, 11) is 0. The number of rotatable bonds is 4. The van der Waals surface area contributed by atoms with Gasteiger partial charge in [-0.25, -0.2) is 0 Å². The molecule has 1 amide bonds. The first-order valence-corrected chi connectivity index (χ1v) is 6.73. The Kier molecular flexibility index (Phi) is 4.58. The van der Waals surface area contributed by atoms with E-state index in [4.69, 9.17) is 0 Å². The molecule has 1 saturated heterocycles. The van der Waals surface area contributed by atoms with Crippen LogP contribution >= 0.6 is 0 Å². The normalized spacial score (nSPS) is 16.2. The fourth-order valence-electron chi connectivity index (χ4n) is 2.27. The van der Waals surface area contributed by atoms with Gasteiger partial charge in [0.05, 0.1) is 0 Å². The van der Waals surface area contributed by atoms with Crippen molar-refractivity contribution in [1.82, 2.24) is 4.90 Å². The maximum Gasteiger partial charge on any atom is 0.247 e. The smallest absolute Gasteiger partial charge is 0.247 e. The summed E-state index contributed by atoms with van der Waals surface area (Å²) >= 11 is 0. The topological polar surface area (TPSA) is 35.6 Å². The monoisotopic (exact) mass is 259 g/mol. The molecule has 102 valence electrons. The summed E-state index contributed by atoms with van der Waals surface area (Å²) in [6.45, 7) is 11.1. The fourth-order valence-corrected chi connectivity index (χ4v) is 2.27. The van der Waals surface area contributed by atoms with Crippen molar-refractivity contribution < 1.29 is 4.79 Å². The third-order valence-electron chi connectivity index (χ3n) is 3.50. The fraction of sp³-hybridized carbons (Fsp3) is 0.400. The second-order valence-electron chi connectivity index (χ2n) is 4.66. The lowest BCUT2D eigenvalue weighted by Gasteiger charge is -2.35. The highest BCUT2D eigenvalue weighted by Crippen LogP contribution is 2.19. The molecule has 0 spiro atoms. The zero-order chi connectivity index (χ0) is 13.7. The number of likely N-dealkylation sites (N-methyl/N-ethyl adjacent to an activating group) is 1. The third kappa shape index (κ3) is 3.58. The van der Waals surface area contributed by atoms with Gasteiger partial charge in [-0.3, -0.25) is 4.79 Å². The zero-order valence-corrected chi connectivity index (χ0v) is 11.4. The van der Waals surface area contributed by atoms with Gasteiger partial charge in [0.2, 0.25) is 5.91 Å². The molecule has 0 bridgehead atoms. The van der Waals surface area contributed by atoms with Crippen molar-refractivity contribution in [2.45, 2.75) is 6.92 Å². The van der Waals surface area contributed by atoms with Crippen LogP contribution in [0.1, 0.15) is 6.92 Å². The Balaban J connectivity index is 1.95. The van der Waals surface area contributed by atoms with Crippen LogP contribution < -0.4 is 10.2 Å². The van der Waals surface area contributed by atoms with E-state index in [1.54, 1.807) is 0 Å². The number of hydrogen-bond donors (Lipinski definition) is 1. The highest BCUT2D eigenvalue weighted by Gasteiger charge is 2.15. The standard InChI is InChI=1S/C15H21N3O/c1-3-15(19)16-13-5-7-14(8-6-13)18-11-9-17(4-2)10-12-18/h3,5-8H,1,4,9-12H2,2H3,(H,16,19). The molecule has 0 aliphatic carbocycles. The largest absolute Gasteiger partial charge is 0.369 e. The number of anilines is 2. The molecule has 1 N–H and O–H groups in total. The summed E-state index contributed by atoms with van der Waals surface area (Å²) in [5.41, 5.74) is 2.02. The Morgan fingerprint density at radius 3 is 2.42 bits per heavy atom. The molecule has 1 aliphatic heterocycles. The molecule has 4 heteroatoms. The summed E-state index contributed by atoms with van der Waals surface area (Å²) in [5, 5.41) is 2.75. The number of nitrogens with zero attached hydrogens (tertiary/aromatic N) is 2. The second kappa shape index (κ2) is 6.38. The van der Waals surface area contributed by atoms with Gasteiger partial charge in [0.15, 0.2) is 0 Å². The minimum Gasteiger partial charge on any atom is -0.369 e. The zero-order valence-electron chi connectivity index (χ0n) is 11.4. The van der Waals surface area contributed by atoms with E-state index in [9.17, 15) is 4.79 Å². The molecule has 1 fully saturated rings. The van der Waals surface area contributed by atoms with Gasteiger partial charge in [-0.2, -0.15) is 0 Å². The van der Waals surface area contributed by atoms with E-state index in [0.29, 0.717) is 0 Å². The van der Waals surface area contributed by atoms with Crippen LogP contribution in [0.15, 0.2) is 36.9 Å². The van der Waals surface area contributed by atoms with Gasteiger partial charge < -0.3 is 15.1 Å². The first kappa shape index (κ1) is 13.6. The van der Waals surface area contributed by atoms with E-state index in [1.807, 2.05) is 12.1 Å². The van der Waals surface area contributed by atoms with Gasteiger partial charge in [0, 0.05) is 37.6 Å². The Bertz CT molecular complexity index is 433. The van der Waals surface area contributed by atoms with Crippen molar-refractivity contribution in [2.24, 2.45) is 0 Å². The molecule has 1 heterocycles. The van der Waals surface area contributed by atoms with E-state index >= 15 is 0 Å². The Hall–Kier alpha value is -1.81. The molecule has 1 aromatic rings. The molecule has 0 radical (unpaired) electrons. The van der Waals surface area contributed by atoms with Gasteiger partial charge in [0.1, 0.15) is 0 Å². The predicted molar refractivity (Wildman–Crippen MR) is 79.6 cm³/mol. The number of amides is 1. The second-order valence-corrected chi connectivity index (χ2v) is 4.66. The number of carbonyl (C=O) groups excluding carboxylic acids is 1. The van der Waals surface area contributed by atoms with Crippen molar-refractivity contribution in [3.05, 3.63) is 36.9 Å². The average molecular weight is 259 g/mol. The highest BCUT2D eigenvalue weighted by atomic mass is 16.1. The molecule has 1 aliphatic rings. The molecular weight excluding hydrogens is 238 g/mol. The van der Waals surface area contributed by atoms with Gasteiger partial charge in [-0.05, 0) is 36.9 Å². The predicted octanol–water partition coefficient (Wildman–Crippen LogP) is 1.95. The van der Waals surface area contributed by atoms with Gasteiger partial charge in [-0.1, -0.05) is 13.5 Å². The van der Waals surface area contributed by atoms with E-state index in [1.165, 1.54) is 11.8 Å². The first-order valence-electron chi connectivity index (χ1n) is 6.73. The van der Waals surface area contributed by atoms with Crippen LogP contribution in [-0.2, 0) is 4.79 Å². The maximum absolute atomic E-state index is 11.2. The molecule has 4 nitrogen and oxygen atoms in total. The van der Waals surface area contributed by atoms with E-state index in [-0.39, 0.29) is 5.91 Å². The number of carbonyl (C=O) groups is 1. The lowest BCUT2D eigenvalue weighted by molar-refractivity contribution is -0.111. The molecule has 2 rings (SSSR count). The van der Waals surface area contributed by atoms with Gasteiger partial charge >= 0.3 is 0 Å². The number of nitrogens with one attached hydrogen (secondary N) is 1. The molecule has 0 saturated carbocycles. The molecule has 1 aromatic carbocycles. The van der Waals surface area contributed by atoms with Crippen molar-refractivity contribution in [1.29, 1.82) is 0 Å². The van der Waals surface area contributed by atoms with E-state index in [0.717, 1.165) is 38.4 Å². The Morgan fingerprint density at radius 1 is 1.26 bits per heavy atom. The van der Waals surface area contributed by atoms with Crippen LogP contribution in [0.3, 0.4) is 0 Å². The number of piperazine rings is 1. The van der Waals surface area contributed by atoms with Gasteiger partial charge in [0.25, 0.3) is 0 Å². The van der Waals surface area contributed by atoms with Crippen molar-refractivity contribution in [3.63, 3.8) is 0 Å². The van der Waals surface area contributed by atoms with Crippen LogP contribution in [0.25, 0.3) is 0 Å². The molecule has 0 unspecified atom stereocenters.